The summed E-state index contributed by atoms with van der Waals surface area (Å²) in [6.07, 6.45) is 0. The van der Waals surface area contributed by atoms with Gasteiger partial charge in [-0.15, -0.1) is 0 Å². The van der Waals surface area contributed by atoms with E-state index in [9.17, 15) is 0 Å². The maximum absolute atomic E-state index is 2.44. The average Bonchev–Trinajstić information content (AvgIpc) is 3.19. The Hall–Kier alpha value is -6.50. The van der Waals surface area contributed by atoms with E-state index in [1.54, 1.807) is 0 Å². The Labute approximate surface area is 291 Å². The fraction of sp³-hybridized carbons (Fsp3) is 0. The van der Waals surface area contributed by atoms with E-state index in [1.165, 1.54) is 98.4 Å². The van der Waals surface area contributed by atoms with E-state index in [4.69, 9.17) is 0 Å². The highest BCUT2D eigenvalue weighted by Crippen LogP contribution is 2.45. The SMILES string of the molecule is c1ccc(-c2cc3cc(-c4ccccc4-c4ccc5ccccc5c4)c4ccccc4c3c3ccccc23)c(-c2ccc3ccccc3c2)c1. The Kier molecular flexibility index (Phi) is 6.60. The molecule has 0 atom stereocenters. The molecule has 0 unspecified atom stereocenters. The summed E-state index contributed by atoms with van der Waals surface area (Å²) in [5.41, 5.74) is 9.93. The van der Waals surface area contributed by atoms with Gasteiger partial charge in [0.25, 0.3) is 0 Å². The lowest BCUT2D eigenvalue weighted by molar-refractivity contribution is 1.61. The maximum atomic E-state index is 2.44. The first-order chi connectivity index (χ1) is 24.8. The minimum Gasteiger partial charge on any atom is -0.0616 e. The van der Waals surface area contributed by atoms with Gasteiger partial charge in [0.1, 0.15) is 0 Å². The summed E-state index contributed by atoms with van der Waals surface area (Å²) in [5.74, 6) is 0. The van der Waals surface area contributed by atoms with E-state index >= 15 is 0 Å². The average molecular weight is 633 g/mol. The van der Waals surface area contributed by atoms with Crippen LogP contribution in [0.1, 0.15) is 0 Å². The van der Waals surface area contributed by atoms with Crippen molar-refractivity contribution < 1.29 is 0 Å². The molecule has 0 saturated carbocycles. The van der Waals surface area contributed by atoms with Crippen molar-refractivity contribution in [2.75, 3.05) is 0 Å². The van der Waals surface area contributed by atoms with Crippen LogP contribution in [0.4, 0.5) is 0 Å². The van der Waals surface area contributed by atoms with Crippen LogP contribution >= 0.6 is 0 Å². The van der Waals surface area contributed by atoms with E-state index in [0.717, 1.165) is 0 Å². The third-order valence-electron chi connectivity index (χ3n) is 10.4. The molecule has 10 aromatic carbocycles. The monoisotopic (exact) mass is 632 g/mol. The Balaban J connectivity index is 1.25. The first-order valence-electron chi connectivity index (χ1n) is 17.3. The minimum absolute atomic E-state index is 1.23. The zero-order valence-electron chi connectivity index (χ0n) is 27.5. The van der Waals surface area contributed by atoms with Crippen LogP contribution < -0.4 is 0 Å². The van der Waals surface area contributed by atoms with Crippen LogP contribution in [-0.4, -0.2) is 0 Å². The molecule has 0 spiro atoms. The largest absolute Gasteiger partial charge is 0.0616 e. The number of benzene rings is 10. The van der Waals surface area contributed by atoms with Gasteiger partial charge in [-0.3, -0.25) is 0 Å². The quantitative estimate of drug-likeness (QED) is 0.169. The van der Waals surface area contributed by atoms with Crippen LogP contribution in [0.5, 0.6) is 0 Å². The van der Waals surface area contributed by atoms with Gasteiger partial charge < -0.3 is 0 Å². The molecule has 50 heavy (non-hydrogen) atoms. The summed E-state index contributed by atoms with van der Waals surface area (Å²) in [6.45, 7) is 0. The molecular formula is C50H32. The molecule has 0 radical (unpaired) electrons. The van der Waals surface area contributed by atoms with Gasteiger partial charge >= 0.3 is 0 Å². The van der Waals surface area contributed by atoms with Gasteiger partial charge in [-0.1, -0.05) is 170 Å². The third kappa shape index (κ3) is 4.61. The van der Waals surface area contributed by atoms with E-state index < -0.39 is 0 Å². The molecule has 0 aliphatic heterocycles. The maximum Gasteiger partial charge on any atom is -0.00259 e. The molecule has 0 saturated heterocycles. The second kappa shape index (κ2) is 11.6. The molecule has 0 nitrogen and oxygen atoms in total. The predicted octanol–water partition coefficient (Wildman–Crippen LogP) is 14.1. The highest BCUT2D eigenvalue weighted by atomic mass is 14.2. The second-order valence-corrected chi connectivity index (χ2v) is 13.3. The van der Waals surface area contributed by atoms with Gasteiger partial charge in [0.05, 0.1) is 0 Å². The zero-order valence-corrected chi connectivity index (χ0v) is 27.5. The molecule has 232 valence electrons. The normalized spacial score (nSPS) is 11.6. The molecule has 0 bridgehead atoms. The summed E-state index contributed by atoms with van der Waals surface area (Å²) in [6, 6.07) is 71.4. The van der Waals surface area contributed by atoms with Gasteiger partial charge in [0, 0.05) is 0 Å². The Morgan fingerprint density at radius 3 is 1.02 bits per heavy atom. The molecule has 10 aromatic rings. The van der Waals surface area contributed by atoms with Gasteiger partial charge in [0.15, 0.2) is 0 Å². The van der Waals surface area contributed by atoms with Crippen molar-refractivity contribution in [2.24, 2.45) is 0 Å². The molecular weight excluding hydrogens is 601 g/mol. The van der Waals surface area contributed by atoms with Gasteiger partial charge in [-0.05, 0) is 123 Å². The van der Waals surface area contributed by atoms with Crippen molar-refractivity contribution in [3.63, 3.8) is 0 Å². The topological polar surface area (TPSA) is 0 Å². The molecule has 10 rings (SSSR count). The smallest absolute Gasteiger partial charge is 0.00259 e. The molecule has 0 fully saturated rings. The van der Waals surface area contributed by atoms with Crippen LogP contribution in [0, 0.1) is 0 Å². The van der Waals surface area contributed by atoms with Crippen LogP contribution in [-0.2, 0) is 0 Å². The van der Waals surface area contributed by atoms with Gasteiger partial charge in [0.2, 0.25) is 0 Å². The lowest BCUT2D eigenvalue weighted by Gasteiger charge is -2.19. The number of fused-ring (bicyclic) bond motifs is 7. The number of hydrogen-bond acceptors (Lipinski definition) is 0. The summed E-state index contributed by atoms with van der Waals surface area (Å²) in [4.78, 5) is 0. The summed E-state index contributed by atoms with van der Waals surface area (Å²) in [7, 11) is 0. The fourth-order valence-corrected chi connectivity index (χ4v) is 8.08. The van der Waals surface area contributed by atoms with Crippen LogP contribution in [0.15, 0.2) is 194 Å². The third-order valence-corrected chi connectivity index (χ3v) is 10.4. The highest BCUT2D eigenvalue weighted by Gasteiger charge is 2.18. The van der Waals surface area contributed by atoms with E-state index in [2.05, 4.69) is 194 Å². The van der Waals surface area contributed by atoms with E-state index in [0.29, 0.717) is 0 Å². The Bertz CT molecular complexity index is 2730. The Morgan fingerprint density at radius 1 is 0.200 bits per heavy atom. The molecule has 0 N–H and O–H groups in total. The van der Waals surface area contributed by atoms with Crippen LogP contribution in [0.25, 0.3) is 98.4 Å². The molecule has 0 aliphatic rings. The number of rotatable bonds is 4. The first kappa shape index (κ1) is 28.5. The summed E-state index contributed by atoms with van der Waals surface area (Å²) >= 11 is 0. The summed E-state index contributed by atoms with van der Waals surface area (Å²) < 4.78 is 0. The van der Waals surface area contributed by atoms with Crippen molar-refractivity contribution in [3.8, 4) is 44.5 Å². The molecule has 0 amide bonds. The van der Waals surface area contributed by atoms with Crippen molar-refractivity contribution in [3.05, 3.63) is 194 Å². The zero-order chi connectivity index (χ0) is 33.0. The minimum atomic E-state index is 1.23. The highest BCUT2D eigenvalue weighted by molar-refractivity contribution is 6.26. The molecule has 0 aliphatic carbocycles. The molecule has 0 aromatic heterocycles. The summed E-state index contributed by atoms with van der Waals surface area (Å²) in [5, 5.41) is 12.7. The molecule has 0 heterocycles. The fourth-order valence-electron chi connectivity index (χ4n) is 8.08. The lowest BCUT2D eigenvalue weighted by atomic mass is 9.84. The van der Waals surface area contributed by atoms with E-state index in [-0.39, 0.29) is 0 Å². The van der Waals surface area contributed by atoms with Gasteiger partial charge in [-0.25, -0.2) is 0 Å². The predicted molar refractivity (Wildman–Crippen MR) is 216 cm³/mol. The second-order valence-electron chi connectivity index (χ2n) is 13.3. The number of hydrogen-bond donors (Lipinski definition) is 0. The van der Waals surface area contributed by atoms with Gasteiger partial charge in [-0.2, -0.15) is 0 Å². The van der Waals surface area contributed by atoms with Crippen LogP contribution in [0.2, 0.25) is 0 Å². The van der Waals surface area contributed by atoms with Crippen molar-refractivity contribution >= 4 is 53.9 Å². The standard InChI is InChI=1S/C50H32/c1-3-15-35-29-37(27-25-33(35)13-1)40-17-5-7-19-42(40)48-31-39-32-49(45-22-10-12-24-47(45)50(39)46-23-11-9-21-44(46)48)43-20-8-6-18-41(43)38-28-26-34-14-2-4-16-36(34)30-38/h1-32H. The van der Waals surface area contributed by atoms with Crippen molar-refractivity contribution in [2.45, 2.75) is 0 Å². The Morgan fingerprint density at radius 2 is 0.560 bits per heavy atom. The van der Waals surface area contributed by atoms with Crippen LogP contribution in [0.3, 0.4) is 0 Å². The lowest BCUT2D eigenvalue weighted by Crippen LogP contribution is -1.92. The van der Waals surface area contributed by atoms with Crippen molar-refractivity contribution in [1.82, 2.24) is 0 Å². The first-order valence-corrected chi connectivity index (χ1v) is 17.3. The van der Waals surface area contributed by atoms with E-state index in [1.807, 2.05) is 0 Å². The van der Waals surface area contributed by atoms with Crippen molar-refractivity contribution in [1.29, 1.82) is 0 Å². The molecule has 0 heteroatoms.